The highest BCUT2D eigenvalue weighted by atomic mass is 16.2. The molecule has 8 nitrogen and oxygen atoms in total. The number of aromatic nitrogens is 2. The summed E-state index contributed by atoms with van der Waals surface area (Å²) in [6.45, 7) is 3.03. The van der Waals surface area contributed by atoms with Crippen molar-refractivity contribution in [3.8, 4) is 0 Å². The van der Waals surface area contributed by atoms with E-state index in [0.717, 1.165) is 0 Å². The first-order valence-electron chi connectivity index (χ1n) is 7.57. The second-order valence-electron chi connectivity index (χ2n) is 5.51. The van der Waals surface area contributed by atoms with Crippen molar-refractivity contribution in [2.24, 2.45) is 0 Å². The summed E-state index contributed by atoms with van der Waals surface area (Å²) in [6.07, 6.45) is 2.87. The Bertz CT molecular complexity index is 789. The molecule has 1 heterocycles. The first-order valence-corrected chi connectivity index (χ1v) is 7.57. The van der Waals surface area contributed by atoms with Gasteiger partial charge in [-0.1, -0.05) is 6.07 Å². The van der Waals surface area contributed by atoms with Crippen molar-refractivity contribution in [2.45, 2.75) is 13.8 Å². The number of amides is 3. The van der Waals surface area contributed by atoms with Gasteiger partial charge < -0.3 is 15.5 Å². The average molecular weight is 341 g/mol. The summed E-state index contributed by atoms with van der Waals surface area (Å²) in [4.78, 5) is 44.7. The van der Waals surface area contributed by atoms with Gasteiger partial charge in [0.15, 0.2) is 0 Å². The SMILES string of the molecule is CC(=O)Nc1cccc(NC(=O)CN(C)C(=O)c2cnc(C)cn2)c1. The molecule has 0 bridgehead atoms. The number of benzene rings is 1. The molecule has 0 atom stereocenters. The van der Waals surface area contributed by atoms with Crippen LogP contribution in [0.25, 0.3) is 0 Å². The van der Waals surface area contributed by atoms with Crippen LogP contribution in [0, 0.1) is 6.92 Å². The van der Waals surface area contributed by atoms with Crippen LogP contribution in [0.2, 0.25) is 0 Å². The highest BCUT2D eigenvalue weighted by Crippen LogP contribution is 2.15. The van der Waals surface area contributed by atoms with Gasteiger partial charge in [-0.25, -0.2) is 4.98 Å². The smallest absolute Gasteiger partial charge is 0.274 e. The van der Waals surface area contributed by atoms with Gasteiger partial charge in [0.2, 0.25) is 11.8 Å². The lowest BCUT2D eigenvalue weighted by Gasteiger charge is -2.16. The summed E-state index contributed by atoms with van der Waals surface area (Å²) in [5, 5.41) is 5.32. The molecule has 0 aliphatic carbocycles. The van der Waals surface area contributed by atoms with Gasteiger partial charge in [-0.15, -0.1) is 0 Å². The van der Waals surface area contributed by atoms with Gasteiger partial charge in [-0.2, -0.15) is 0 Å². The Morgan fingerprint density at radius 3 is 2.36 bits per heavy atom. The van der Waals surface area contributed by atoms with E-state index in [1.165, 1.54) is 31.3 Å². The molecule has 2 aromatic rings. The highest BCUT2D eigenvalue weighted by Gasteiger charge is 2.16. The zero-order valence-electron chi connectivity index (χ0n) is 14.2. The van der Waals surface area contributed by atoms with E-state index in [9.17, 15) is 14.4 Å². The van der Waals surface area contributed by atoms with E-state index >= 15 is 0 Å². The van der Waals surface area contributed by atoms with Crippen LogP contribution in [0.15, 0.2) is 36.7 Å². The summed E-state index contributed by atoms with van der Waals surface area (Å²) in [5.41, 5.74) is 1.97. The van der Waals surface area contributed by atoms with E-state index in [2.05, 4.69) is 20.6 Å². The number of rotatable bonds is 5. The minimum absolute atomic E-state index is 0.140. The Morgan fingerprint density at radius 1 is 1.08 bits per heavy atom. The van der Waals surface area contributed by atoms with Crippen LogP contribution in [0.4, 0.5) is 11.4 Å². The van der Waals surface area contributed by atoms with Gasteiger partial charge in [-0.05, 0) is 25.1 Å². The molecule has 0 aliphatic rings. The number of likely N-dealkylation sites (N-methyl/N-ethyl adjacent to an activating group) is 1. The average Bonchev–Trinajstić information content (AvgIpc) is 2.54. The second kappa shape index (κ2) is 8.00. The molecule has 0 radical (unpaired) electrons. The van der Waals surface area contributed by atoms with Crippen molar-refractivity contribution < 1.29 is 14.4 Å². The first-order chi connectivity index (χ1) is 11.8. The van der Waals surface area contributed by atoms with E-state index < -0.39 is 5.91 Å². The Morgan fingerprint density at radius 2 is 1.76 bits per heavy atom. The quantitative estimate of drug-likeness (QED) is 0.856. The molecule has 0 unspecified atom stereocenters. The molecule has 0 spiro atoms. The number of hydrogen-bond donors (Lipinski definition) is 2. The number of carbonyl (C=O) groups excluding carboxylic acids is 3. The van der Waals surface area contributed by atoms with Crippen LogP contribution >= 0.6 is 0 Å². The van der Waals surface area contributed by atoms with Gasteiger partial charge >= 0.3 is 0 Å². The molecule has 0 saturated heterocycles. The van der Waals surface area contributed by atoms with Crippen molar-refractivity contribution in [3.63, 3.8) is 0 Å². The molecule has 2 rings (SSSR count). The number of hydrogen-bond acceptors (Lipinski definition) is 5. The fourth-order valence-electron chi connectivity index (χ4n) is 2.06. The van der Waals surface area contributed by atoms with E-state index in [4.69, 9.17) is 0 Å². The zero-order valence-corrected chi connectivity index (χ0v) is 14.2. The van der Waals surface area contributed by atoms with Gasteiger partial charge in [0.05, 0.1) is 18.4 Å². The minimum atomic E-state index is -0.394. The Kier molecular flexibility index (Phi) is 5.78. The molecular formula is C17H19N5O3. The third-order valence-electron chi connectivity index (χ3n) is 3.19. The summed E-state index contributed by atoms with van der Waals surface area (Å²) in [7, 11) is 1.51. The van der Waals surface area contributed by atoms with E-state index in [-0.39, 0.29) is 24.1 Å². The maximum Gasteiger partial charge on any atom is 0.274 e. The lowest BCUT2D eigenvalue weighted by Crippen LogP contribution is -2.35. The van der Waals surface area contributed by atoms with Crippen LogP contribution in [0.3, 0.4) is 0 Å². The minimum Gasteiger partial charge on any atom is -0.331 e. The number of anilines is 2. The highest BCUT2D eigenvalue weighted by molar-refractivity contribution is 5.98. The maximum atomic E-state index is 12.2. The van der Waals surface area contributed by atoms with Crippen molar-refractivity contribution in [2.75, 3.05) is 24.2 Å². The van der Waals surface area contributed by atoms with Crippen LogP contribution in [0.1, 0.15) is 23.1 Å². The van der Waals surface area contributed by atoms with E-state index in [1.807, 2.05) is 0 Å². The molecule has 0 aliphatic heterocycles. The van der Waals surface area contributed by atoms with E-state index in [0.29, 0.717) is 17.1 Å². The number of nitrogens with zero attached hydrogens (tertiary/aromatic N) is 3. The largest absolute Gasteiger partial charge is 0.331 e. The summed E-state index contributed by atoms with van der Waals surface area (Å²) in [5.74, 6) is -0.960. The van der Waals surface area contributed by atoms with Crippen LogP contribution in [-0.4, -0.2) is 46.2 Å². The standard InChI is InChI=1S/C17H19N5O3/c1-11-8-19-15(9-18-11)17(25)22(3)10-16(24)21-14-6-4-5-13(7-14)20-12(2)23/h4-9H,10H2,1-3H3,(H,20,23)(H,21,24). The Balaban J connectivity index is 1.96. The molecular weight excluding hydrogens is 322 g/mol. The fourth-order valence-corrected chi connectivity index (χ4v) is 2.06. The number of carbonyl (C=O) groups is 3. The Hall–Kier alpha value is -3.29. The second-order valence-corrected chi connectivity index (χ2v) is 5.51. The number of nitrogens with one attached hydrogen (secondary N) is 2. The molecule has 3 amide bonds. The van der Waals surface area contributed by atoms with Gasteiger partial charge in [0.25, 0.3) is 5.91 Å². The first kappa shape index (κ1) is 18.1. The van der Waals surface area contributed by atoms with E-state index in [1.54, 1.807) is 31.2 Å². The zero-order chi connectivity index (χ0) is 18.4. The topological polar surface area (TPSA) is 104 Å². The van der Waals surface area contributed by atoms with Crippen LogP contribution in [0.5, 0.6) is 0 Å². The molecule has 25 heavy (non-hydrogen) atoms. The fraction of sp³-hybridized carbons (Fsp3) is 0.235. The van der Waals surface area contributed by atoms with Gasteiger partial charge in [0, 0.05) is 31.5 Å². The molecule has 130 valence electrons. The maximum absolute atomic E-state index is 12.2. The van der Waals surface area contributed by atoms with Crippen molar-refractivity contribution in [3.05, 3.63) is 48.0 Å². The van der Waals surface area contributed by atoms with Crippen molar-refractivity contribution >= 4 is 29.1 Å². The summed E-state index contributed by atoms with van der Waals surface area (Å²) >= 11 is 0. The van der Waals surface area contributed by atoms with Crippen molar-refractivity contribution in [1.82, 2.24) is 14.9 Å². The normalized spacial score (nSPS) is 10.0. The van der Waals surface area contributed by atoms with Crippen molar-refractivity contribution in [1.29, 1.82) is 0 Å². The monoisotopic (exact) mass is 341 g/mol. The van der Waals surface area contributed by atoms with Gasteiger partial charge in [0.1, 0.15) is 5.69 Å². The third kappa shape index (κ3) is 5.38. The van der Waals surface area contributed by atoms with Crippen LogP contribution in [-0.2, 0) is 9.59 Å². The predicted octanol–water partition coefficient (Wildman–Crippen LogP) is 1.45. The number of aryl methyl sites for hydroxylation is 1. The molecule has 1 aromatic heterocycles. The molecule has 2 N–H and O–H groups in total. The Labute approximate surface area is 145 Å². The molecule has 1 aromatic carbocycles. The summed E-state index contributed by atoms with van der Waals surface area (Å²) in [6, 6.07) is 6.74. The molecule has 0 fully saturated rings. The lowest BCUT2D eigenvalue weighted by molar-refractivity contribution is -0.116. The van der Waals surface area contributed by atoms with Gasteiger partial charge in [-0.3, -0.25) is 19.4 Å². The predicted molar refractivity (Wildman–Crippen MR) is 93.1 cm³/mol. The molecule has 0 saturated carbocycles. The molecule has 8 heteroatoms. The lowest BCUT2D eigenvalue weighted by atomic mass is 10.2. The summed E-state index contributed by atoms with van der Waals surface area (Å²) < 4.78 is 0. The van der Waals surface area contributed by atoms with Crippen LogP contribution < -0.4 is 10.6 Å². The third-order valence-corrected chi connectivity index (χ3v) is 3.19.